The van der Waals surface area contributed by atoms with Crippen molar-refractivity contribution < 1.29 is 18.3 Å². The fourth-order valence-electron chi connectivity index (χ4n) is 2.88. The Labute approximate surface area is 168 Å². The quantitative estimate of drug-likeness (QED) is 0.532. The number of aromatic amines is 1. The van der Waals surface area contributed by atoms with Gasteiger partial charge in [-0.2, -0.15) is 5.10 Å². The first kappa shape index (κ1) is 21.2. The van der Waals surface area contributed by atoms with Crippen LogP contribution in [0.3, 0.4) is 0 Å². The monoisotopic (exact) mass is 417 g/mol. The molecule has 0 amide bonds. The summed E-state index contributed by atoms with van der Waals surface area (Å²) < 4.78 is 40.6. The third-order valence-electron chi connectivity index (χ3n) is 4.51. The van der Waals surface area contributed by atoms with Crippen molar-refractivity contribution in [1.29, 1.82) is 0 Å². The predicted octanol–water partition coefficient (Wildman–Crippen LogP) is 2.92. The minimum absolute atomic E-state index is 0.0573. The maximum Gasteiger partial charge on any atom is 0.258 e. The molecule has 4 rings (SSSR count). The zero-order valence-corrected chi connectivity index (χ0v) is 15.9. The Kier molecular flexibility index (Phi) is 6.26. The number of nitrogens with zero attached hydrogens (tertiary/aromatic N) is 4. The first-order chi connectivity index (χ1) is 14.3. The maximum atomic E-state index is 13.7. The van der Waals surface area contributed by atoms with Crippen LogP contribution >= 0.6 is 0 Å². The smallest absolute Gasteiger partial charge is 0.258 e. The van der Waals surface area contributed by atoms with E-state index in [1.54, 1.807) is 6.92 Å². The number of hydrogen-bond acceptors (Lipinski definition) is 5. The van der Waals surface area contributed by atoms with Crippen LogP contribution in [0.4, 0.5) is 13.2 Å². The number of H-pyrrole nitrogens is 1. The van der Waals surface area contributed by atoms with Gasteiger partial charge in [0, 0.05) is 11.6 Å². The van der Waals surface area contributed by atoms with E-state index in [2.05, 4.69) is 20.1 Å². The van der Waals surface area contributed by atoms with Gasteiger partial charge in [-0.15, -0.1) is 0 Å². The molecule has 0 radical (unpaired) electrons. The normalized spacial score (nSPS) is 12.8. The van der Waals surface area contributed by atoms with Gasteiger partial charge in [0.05, 0.1) is 23.8 Å². The molecule has 0 bridgehead atoms. The van der Waals surface area contributed by atoms with E-state index in [0.717, 1.165) is 12.1 Å². The molecule has 0 saturated carbocycles. The minimum Gasteiger partial charge on any atom is -0.383 e. The molecular weight excluding hydrogens is 399 g/mol. The van der Waals surface area contributed by atoms with E-state index in [9.17, 15) is 23.1 Å². The third-order valence-corrected chi connectivity index (χ3v) is 4.51. The summed E-state index contributed by atoms with van der Waals surface area (Å²) in [4.78, 5) is 21.1. The Morgan fingerprint density at radius 1 is 1.13 bits per heavy atom. The minimum atomic E-state index is -1.44. The molecule has 2 heterocycles. The summed E-state index contributed by atoms with van der Waals surface area (Å²) in [5.41, 5.74) is -1.20. The molecule has 0 fully saturated rings. The lowest BCUT2D eigenvalue weighted by Crippen LogP contribution is -2.32. The lowest BCUT2D eigenvalue weighted by Gasteiger charge is -2.27. The van der Waals surface area contributed by atoms with Crippen molar-refractivity contribution in [2.45, 2.75) is 25.5 Å². The molecule has 2 aromatic heterocycles. The van der Waals surface area contributed by atoms with Gasteiger partial charge in [-0.25, -0.2) is 27.8 Å². The van der Waals surface area contributed by atoms with Crippen molar-refractivity contribution in [2.75, 3.05) is 0 Å². The molecule has 2 N–H and O–H groups in total. The van der Waals surface area contributed by atoms with Crippen LogP contribution in [-0.2, 0) is 12.1 Å². The number of rotatable bonds is 4. The number of fused-ring (bicyclic) bond motifs is 1. The average Bonchev–Trinajstić information content (AvgIpc) is 3.22. The SMILES string of the molecule is CCC(O)(Cn1cncn1)c1ccc(F)cc1F.O=c1[nH]cnc2ccc(F)cc12. The van der Waals surface area contributed by atoms with Crippen LogP contribution < -0.4 is 5.56 Å². The van der Waals surface area contributed by atoms with Crippen LogP contribution in [-0.4, -0.2) is 29.8 Å². The van der Waals surface area contributed by atoms with Crippen molar-refractivity contribution in [3.63, 3.8) is 0 Å². The predicted molar refractivity (Wildman–Crippen MR) is 103 cm³/mol. The van der Waals surface area contributed by atoms with E-state index in [4.69, 9.17) is 0 Å². The Morgan fingerprint density at radius 3 is 2.53 bits per heavy atom. The maximum absolute atomic E-state index is 13.7. The van der Waals surface area contributed by atoms with Crippen molar-refractivity contribution >= 4 is 10.9 Å². The standard InChI is InChI=1S/C12H13F2N3O.C8H5FN2O/c1-2-12(18,6-17-8-15-7-16-17)10-4-3-9(13)5-11(10)14;9-5-1-2-7-6(3-5)8(12)11-4-10-7/h3-5,7-8,18H,2,6H2,1H3;1-4H,(H,10,11,12). The molecule has 7 nitrogen and oxygen atoms in total. The second-order valence-corrected chi connectivity index (χ2v) is 6.50. The van der Waals surface area contributed by atoms with Crippen molar-refractivity contribution in [2.24, 2.45) is 0 Å². The largest absolute Gasteiger partial charge is 0.383 e. The van der Waals surface area contributed by atoms with Crippen LogP contribution in [0.15, 0.2) is 60.2 Å². The number of benzene rings is 2. The van der Waals surface area contributed by atoms with Gasteiger partial charge < -0.3 is 10.1 Å². The van der Waals surface area contributed by atoms with Crippen molar-refractivity contribution in [3.05, 3.63) is 88.7 Å². The molecule has 2 aromatic carbocycles. The summed E-state index contributed by atoms with van der Waals surface area (Å²) in [6, 6.07) is 7.05. The van der Waals surface area contributed by atoms with Crippen molar-refractivity contribution in [1.82, 2.24) is 24.7 Å². The van der Waals surface area contributed by atoms with E-state index in [1.807, 2.05) is 0 Å². The number of aromatic nitrogens is 5. The van der Waals surface area contributed by atoms with Crippen LogP contribution in [0.5, 0.6) is 0 Å². The second-order valence-electron chi connectivity index (χ2n) is 6.50. The number of hydrogen-bond donors (Lipinski definition) is 2. The van der Waals surface area contributed by atoms with Gasteiger partial charge >= 0.3 is 0 Å². The molecular formula is C20H18F3N5O2. The van der Waals surface area contributed by atoms with Gasteiger partial charge in [0.15, 0.2) is 0 Å². The van der Waals surface area contributed by atoms with Gasteiger partial charge in [0.2, 0.25) is 0 Å². The Bertz CT molecular complexity index is 1200. The molecule has 0 saturated heterocycles. The summed E-state index contributed by atoms with van der Waals surface area (Å²) in [5, 5.41) is 14.6. The Hall–Kier alpha value is -3.53. The second kappa shape index (κ2) is 8.87. The number of aliphatic hydroxyl groups is 1. The molecule has 10 heteroatoms. The molecule has 1 atom stereocenters. The molecule has 0 aliphatic rings. The highest BCUT2D eigenvalue weighted by molar-refractivity contribution is 5.76. The van der Waals surface area contributed by atoms with E-state index in [1.165, 1.54) is 47.9 Å². The average molecular weight is 417 g/mol. The van der Waals surface area contributed by atoms with Gasteiger partial charge in [-0.1, -0.05) is 13.0 Å². The van der Waals surface area contributed by atoms with Gasteiger partial charge in [-0.05, 0) is 30.7 Å². The van der Waals surface area contributed by atoms with E-state index < -0.39 is 23.1 Å². The van der Waals surface area contributed by atoms with Gasteiger partial charge in [-0.3, -0.25) is 4.79 Å². The van der Waals surface area contributed by atoms with E-state index in [0.29, 0.717) is 5.52 Å². The summed E-state index contributed by atoms with van der Waals surface area (Å²) in [5.74, 6) is -1.86. The highest BCUT2D eigenvalue weighted by Crippen LogP contribution is 2.29. The van der Waals surface area contributed by atoms with Crippen LogP contribution in [0.1, 0.15) is 18.9 Å². The summed E-state index contributed by atoms with van der Waals surface area (Å²) >= 11 is 0. The highest BCUT2D eigenvalue weighted by atomic mass is 19.1. The Balaban J connectivity index is 0.000000184. The van der Waals surface area contributed by atoms with E-state index >= 15 is 0 Å². The zero-order valence-electron chi connectivity index (χ0n) is 15.9. The van der Waals surface area contributed by atoms with E-state index in [-0.39, 0.29) is 29.5 Å². The highest BCUT2D eigenvalue weighted by Gasteiger charge is 2.31. The molecule has 156 valence electrons. The topological polar surface area (TPSA) is 96.7 Å². The van der Waals surface area contributed by atoms with Crippen LogP contribution in [0.25, 0.3) is 10.9 Å². The molecule has 1 unspecified atom stereocenters. The summed E-state index contributed by atoms with van der Waals surface area (Å²) in [7, 11) is 0. The number of nitrogens with one attached hydrogen (secondary N) is 1. The van der Waals surface area contributed by atoms with Crippen LogP contribution in [0.2, 0.25) is 0 Å². The molecule has 0 aliphatic heterocycles. The zero-order chi connectivity index (χ0) is 21.7. The Morgan fingerprint density at radius 2 is 1.87 bits per heavy atom. The fraction of sp³-hybridized carbons (Fsp3) is 0.200. The summed E-state index contributed by atoms with van der Waals surface area (Å²) in [6.45, 7) is 1.78. The fourth-order valence-corrected chi connectivity index (χ4v) is 2.88. The summed E-state index contributed by atoms with van der Waals surface area (Å²) in [6.07, 6.45) is 4.33. The first-order valence-corrected chi connectivity index (χ1v) is 8.95. The first-order valence-electron chi connectivity index (χ1n) is 8.95. The molecule has 30 heavy (non-hydrogen) atoms. The lowest BCUT2D eigenvalue weighted by molar-refractivity contribution is 0.00757. The molecule has 4 aromatic rings. The van der Waals surface area contributed by atoms with Gasteiger partial charge in [0.25, 0.3) is 5.56 Å². The van der Waals surface area contributed by atoms with Crippen LogP contribution in [0, 0.1) is 17.5 Å². The lowest BCUT2D eigenvalue weighted by atomic mass is 9.90. The van der Waals surface area contributed by atoms with Gasteiger partial charge in [0.1, 0.15) is 35.7 Å². The molecule has 0 aliphatic carbocycles. The number of halogens is 3. The van der Waals surface area contributed by atoms with Crippen molar-refractivity contribution in [3.8, 4) is 0 Å². The third kappa shape index (κ3) is 4.71. The molecule has 0 spiro atoms.